The zero-order chi connectivity index (χ0) is 35.2. The zero-order valence-corrected chi connectivity index (χ0v) is 27.6. The molecule has 6 atom stereocenters. The number of likely N-dealkylation sites (tertiary alicyclic amines) is 1. The fourth-order valence-corrected chi connectivity index (χ4v) is 8.11. The number of methoxy groups -OCH3 is 1. The molecule has 0 saturated carbocycles. The van der Waals surface area contributed by atoms with Crippen LogP contribution in [0.3, 0.4) is 0 Å². The molecule has 260 valence electrons. The first kappa shape index (κ1) is 33.3. The summed E-state index contributed by atoms with van der Waals surface area (Å²) in [6.07, 6.45) is -1.67. The van der Waals surface area contributed by atoms with Crippen LogP contribution in [0, 0.1) is 0 Å². The average molecular weight is 684 g/mol. The van der Waals surface area contributed by atoms with Crippen LogP contribution in [0.1, 0.15) is 60.1 Å². The number of piperidine rings is 1. The van der Waals surface area contributed by atoms with Crippen LogP contribution in [0.4, 0.5) is 0 Å². The molecular formula is C38H37NO11. The van der Waals surface area contributed by atoms with E-state index in [0.717, 1.165) is 11.1 Å². The summed E-state index contributed by atoms with van der Waals surface area (Å²) >= 11 is 0. The number of aliphatic hydroxyl groups is 1. The van der Waals surface area contributed by atoms with Crippen LogP contribution in [0.2, 0.25) is 0 Å². The van der Waals surface area contributed by atoms with Crippen molar-refractivity contribution < 1.29 is 53.1 Å². The van der Waals surface area contributed by atoms with Gasteiger partial charge in [0.1, 0.15) is 5.76 Å². The van der Waals surface area contributed by atoms with E-state index in [4.69, 9.17) is 23.7 Å². The number of esters is 3. The maximum atomic E-state index is 13.3. The molecule has 3 aromatic rings. The third-order valence-corrected chi connectivity index (χ3v) is 10.4. The fourth-order valence-electron chi connectivity index (χ4n) is 8.11. The van der Waals surface area contributed by atoms with Crippen LogP contribution >= 0.6 is 0 Å². The van der Waals surface area contributed by atoms with Gasteiger partial charge < -0.3 is 38.8 Å². The van der Waals surface area contributed by atoms with Gasteiger partial charge in [-0.25, -0.2) is 9.59 Å². The maximum absolute atomic E-state index is 13.3. The van der Waals surface area contributed by atoms with E-state index in [2.05, 4.69) is 4.90 Å². The smallest absolute Gasteiger partial charge is 0.353 e. The highest BCUT2D eigenvalue weighted by molar-refractivity contribution is 5.85. The fraction of sp³-hybridized carbons (Fsp3) is 0.368. The van der Waals surface area contributed by atoms with E-state index >= 15 is 0 Å². The van der Waals surface area contributed by atoms with E-state index in [9.17, 15) is 29.4 Å². The molecule has 2 aliphatic carbocycles. The third kappa shape index (κ3) is 5.39. The summed E-state index contributed by atoms with van der Waals surface area (Å²) in [7, 11) is 3.56. The Hall–Kier alpha value is -5.20. The number of carboxylic acids is 1. The summed E-state index contributed by atoms with van der Waals surface area (Å²) in [5, 5.41) is 22.1. The topological polar surface area (TPSA) is 158 Å². The number of carbonyl (C=O) groups excluding carboxylic acids is 3. The Morgan fingerprint density at radius 2 is 1.58 bits per heavy atom. The summed E-state index contributed by atoms with van der Waals surface area (Å²) in [5.74, 6) is -2.77. The molecule has 0 radical (unpaired) electrons. The number of hydrogen-bond acceptors (Lipinski definition) is 11. The van der Waals surface area contributed by atoms with Crippen molar-refractivity contribution in [1.82, 2.24) is 4.90 Å². The van der Waals surface area contributed by atoms with Crippen molar-refractivity contribution in [3.63, 3.8) is 0 Å². The molecule has 1 spiro atoms. The Morgan fingerprint density at radius 3 is 2.24 bits per heavy atom. The standard InChI is InChI=1S/C38H37NO11/c1-39-20-19-37-30-24-13-14-25(46-2)33(30)49-34(37)26(17-18-38(37,45)27(39)21-24)47-28(40)15-16-29(41)48-32(23-11-7-4-8-12-23)36(44)50-31(35(42)43)22-9-5-3-6-10-22/h3-14,17,27,31-32,34,45H,15-16,18-21H2,1-2H3,(H,42,43)/t27-,31+,32+,34+,37+,38-/m1/s1. The van der Waals surface area contributed by atoms with Gasteiger partial charge in [0, 0.05) is 29.2 Å². The van der Waals surface area contributed by atoms with Gasteiger partial charge in [0.2, 0.25) is 12.2 Å². The number of carboxylic acid groups (broad SMARTS) is 1. The molecule has 1 fully saturated rings. The number of ether oxygens (including phenoxy) is 5. The molecule has 0 aromatic heterocycles. The minimum atomic E-state index is -1.63. The van der Waals surface area contributed by atoms with Crippen LogP contribution in [0.5, 0.6) is 11.5 Å². The van der Waals surface area contributed by atoms with Crippen molar-refractivity contribution in [3.8, 4) is 11.5 Å². The van der Waals surface area contributed by atoms with Gasteiger partial charge in [0.25, 0.3) is 0 Å². The lowest BCUT2D eigenvalue weighted by molar-refractivity contribution is -0.178. The number of rotatable bonds is 11. The largest absolute Gasteiger partial charge is 0.493 e. The number of benzene rings is 3. The molecule has 3 aromatic carbocycles. The van der Waals surface area contributed by atoms with Crippen molar-refractivity contribution in [2.75, 3.05) is 20.7 Å². The summed E-state index contributed by atoms with van der Waals surface area (Å²) in [5.41, 5.74) is 0.427. The molecule has 4 aliphatic rings. The highest BCUT2D eigenvalue weighted by Crippen LogP contribution is 2.65. The molecule has 1 saturated heterocycles. The van der Waals surface area contributed by atoms with Crippen molar-refractivity contribution in [3.05, 3.63) is 107 Å². The van der Waals surface area contributed by atoms with E-state index in [0.29, 0.717) is 30.9 Å². The average Bonchev–Trinajstić information content (AvgIpc) is 3.48. The van der Waals surface area contributed by atoms with Gasteiger partial charge in [-0.05, 0) is 44.1 Å². The minimum absolute atomic E-state index is 0.166. The minimum Gasteiger partial charge on any atom is -0.493 e. The lowest BCUT2D eigenvalue weighted by atomic mass is 9.50. The second-order valence-corrected chi connectivity index (χ2v) is 13.1. The van der Waals surface area contributed by atoms with E-state index in [-0.39, 0.29) is 35.8 Å². The summed E-state index contributed by atoms with van der Waals surface area (Å²) in [6.45, 7) is 0.708. The maximum Gasteiger partial charge on any atom is 0.353 e. The Kier molecular flexibility index (Phi) is 8.61. The van der Waals surface area contributed by atoms with Gasteiger partial charge in [0.15, 0.2) is 17.6 Å². The highest BCUT2D eigenvalue weighted by Gasteiger charge is 2.72. The normalized spacial score (nSPS) is 25.5. The molecule has 12 heteroatoms. The highest BCUT2D eigenvalue weighted by atomic mass is 16.6. The van der Waals surface area contributed by atoms with E-state index in [1.54, 1.807) is 61.7 Å². The molecule has 2 N–H and O–H groups in total. The summed E-state index contributed by atoms with van der Waals surface area (Å²) in [6, 6.07) is 19.7. The lowest BCUT2D eigenvalue weighted by Crippen LogP contribution is -2.74. The van der Waals surface area contributed by atoms with Crippen molar-refractivity contribution in [1.29, 1.82) is 0 Å². The monoisotopic (exact) mass is 683 g/mol. The van der Waals surface area contributed by atoms with Crippen molar-refractivity contribution in [2.24, 2.45) is 0 Å². The van der Waals surface area contributed by atoms with Gasteiger partial charge in [-0.1, -0.05) is 66.7 Å². The number of carbonyl (C=O) groups is 4. The van der Waals surface area contributed by atoms with Crippen LogP contribution in [-0.4, -0.2) is 77.4 Å². The van der Waals surface area contributed by atoms with Gasteiger partial charge in [-0.3, -0.25) is 9.59 Å². The SMILES string of the molecule is COc1ccc2c3c1O[C@H]1C(OC(=O)CCC(=O)O[C@H](C(=O)O[C@H](C(=O)O)c4ccccc4)c4ccccc4)=CC[C@@]4(O)[C@@H](C2)N(C)CC[C@]314. The third-order valence-electron chi connectivity index (χ3n) is 10.4. The van der Waals surface area contributed by atoms with Crippen LogP contribution in [0.15, 0.2) is 84.6 Å². The van der Waals surface area contributed by atoms with Gasteiger partial charge in [-0.2, -0.15) is 0 Å². The predicted molar refractivity (Wildman–Crippen MR) is 175 cm³/mol. The Labute approximate surface area is 288 Å². The number of aliphatic carboxylic acids is 1. The molecule has 2 heterocycles. The first-order chi connectivity index (χ1) is 24.1. The molecule has 2 bridgehead atoms. The molecular weight excluding hydrogens is 646 g/mol. The second-order valence-electron chi connectivity index (χ2n) is 13.1. The molecule has 2 aliphatic heterocycles. The number of likely N-dealkylation sites (N-methyl/N-ethyl adjacent to an activating group) is 1. The number of hydrogen-bond donors (Lipinski definition) is 2. The molecule has 12 nitrogen and oxygen atoms in total. The molecule has 7 rings (SSSR count). The van der Waals surface area contributed by atoms with E-state index < -0.39 is 59.6 Å². The van der Waals surface area contributed by atoms with Crippen molar-refractivity contribution >= 4 is 23.9 Å². The Balaban J connectivity index is 1.05. The van der Waals surface area contributed by atoms with Gasteiger partial charge >= 0.3 is 23.9 Å². The summed E-state index contributed by atoms with van der Waals surface area (Å²) in [4.78, 5) is 53.8. The lowest BCUT2D eigenvalue weighted by Gasteiger charge is -2.61. The van der Waals surface area contributed by atoms with Crippen LogP contribution in [-0.2, 0) is 45.2 Å². The Morgan fingerprint density at radius 1 is 0.920 bits per heavy atom. The summed E-state index contributed by atoms with van der Waals surface area (Å²) < 4.78 is 28.8. The Bertz CT molecular complexity index is 1860. The van der Waals surface area contributed by atoms with Gasteiger partial charge in [0.05, 0.1) is 31.0 Å². The number of nitrogens with zero attached hydrogens (tertiary/aromatic N) is 1. The zero-order valence-electron chi connectivity index (χ0n) is 27.6. The second kappa shape index (κ2) is 12.9. The van der Waals surface area contributed by atoms with Gasteiger partial charge in [-0.15, -0.1) is 0 Å². The van der Waals surface area contributed by atoms with Crippen LogP contribution in [0.25, 0.3) is 0 Å². The first-order valence-electron chi connectivity index (χ1n) is 16.5. The predicted octanol–water partition coefficient (Wildman–Crippen LogP) is 3.95. The molecule has 50 heavy (non-hydrogen) atoms. The van der Waals surface area contributed by atoms with E-state index in [1.807, 2.05) is 19.2 Å². The van der Waals surface area contributed by atoms with E-state index in [1.165, 1.54) is 12.1 Å². The van der Waals surface area contributed by atoms with Crippen LogP contribution < -0.4 is 9.47 Å². The first-order valence-corrected chi connectivity index (χ1v) is 16.5. The van der Waals surface area contributed by atoms with Crippen molar-refractivity contribution in [2.45, 2.75) is 67.5 Å². The molecule has 0 amide bonds. The molecule has 0 unspecified atom stereocenters. The quantitative estimate of drug-likeness (QED) is 0.222.